The molecule has 0 aliphatic rings. The number of rotatable bonds is 2. The Balaban J connectivity index is 0.00000169. The van der Waals surface area contributed by atoms with Crippen molar-refractivity contribution in [3.63, 3.8) is 0 Å². The number of carbonyl (C=O) groups excluding carboxylic acids is 1. The van der Waals surface area contributed by atoms with Crippen molar-refractivity contribution in [3.8, 4) is 5.75 Å². The van der Waals surface area contributed by atoms with Gasteiger partial charge in [0.05, 0.1) is 12.7 Å². The van der Waals surface area contributed by atoms with Crippen LogP contribution in [0, 0.1) is 0 Å². The number of hydrogen-bond acceptors (Lipinski definition) is 3. The zero-order valence-electron chi connectivity index (χ0n) is 8.24. The van der Waals surface area contributed by atoms with Gasteiger partial charge in [-0.2, -0.15) is 0 Å². The Kier molecular flexibility index (Phi) is 5.53. The van der Waals surface area contributed by atoms with Crippen LogP contribution in [0.25, 0.3) is 6.08 Å². The molecule has 3 nitrogen and oxygen atoms in total. The number of hydrogen-bond donors (Lipinski definition) is 0. The van der Waals surface area contributed by atoms with E-state index in [-0.39, 0.29) is 40.9 Å². The summed E-state index contributed by atoms with van der Waals surface area (Å²) in [5.74, 6) is -0.968. The topological polar surface area (TPSA) is 49.4 Å². The second-order valence-electron chi connectivity index (χ2n) is 2.42. The molecule has 0 saturated heterocycles. The van der Waals surface area contributed by atoms with Crippen molar-refractivity contribution in [1.82, 2.24) is 0 Å². The van der Waals surface area contributed by atoms with Gasteiger partial charge in [0.15, 0.2) is 0 Å². The van der Waals surface area contributed by atoms with Crippen LogP contribution in [0.15, 0.2) is 24.8 Å². The van der Waals surface area contributed by atoms with E-state index in [0.29, 0.717) is 5.56 Å². The summed E-state index contributed by atoms with van der Waals surface area (Å²) in [6, 6.07) is 4.53. The van der Waals surface area contributed by atoms with Crippen LogP contribution in [0.2, 0.25) is 0 Å². The van der Waals surface area contributed by atoms with Crippen molar-refractivity contribution >= 4 is 41.6 Å². The Bertz CT molecular complexity index is 347. The van der Waals surface area contributed by atoms with E-state index in [1.54, 1.807) is 12.1 Å². The molecular formula is C10H9NaO3-. The minimum absolute atomic E-state index is 0. The zero-order valence-corrected chi connectivity index (χ0v) is 10.2. The fourth-order valence-corrected chi connectivity index (χ4v) is 1.04. The molecule has 4 heteroatoms. The molecule has 1 rings (SSSR count). The molecule has 0 bridgehead atoms. The summed E-state index contributed by atoms with van der Waals surface area (Å²) < 4.78 is 4.47. The molecule has 1 aromatic carbocycles. The van der Waals surface area contributed by atoms with Gasteiger partial charge in [0.2, 0.25) is 0 Å². The van der Waals surface area contributed by atoms with Crippen molar-refractivity contribution in [2.24, 2.45) is 0 Å². The van der Waals surface area contributed by atoms with E-state index >= 15 is 0 Å². The Morgan fingerprint density at radius 3 is 2.71 bits per heavy atom. The Morgan fingerprint density at radius 1 is 1.57 bits per heavy atom. The summed E-state index contributed by atoms with van der Waals surface area (Å²) in [7, 11) is 1.24. The molecule has 1 radical (unpaired) electrons. The maximum atomic E-state index is 11.3. The van der Waals surface area contributed by atoms with Gasteiger partial charge >= 0.3 is 5.97 Å². The van der Waals surface area contributed by atoms with Gasteiger partial charge in [0.1, 0.15) is 0 Å². The number of ether oxygens (including phenoxy) is 1. The third-order valence-electron chi connectivity index (χ3n) is 1.67. The summed E-state index contributed by atoms with van der Waals surface area (Å²) in [4.78, 5) is 11.1. The average molecular weight is 200 g/mol. The van der Waals surface area contributed by atoms with Crippen molar-refractivity contribution in [2.75, 3.05) is 7.11 Å². The summed E-state index contributed by atoms with van der Waals surface area (Å²) in [5, 5.41) is 11.3. The Morgan fingerprint density at radius 2 is 2.21 bits per heavy atom. The van der Waals surface area contributed by atoms with E-state index in [1.165, 1.54) is 19.3 Å². The summed E-state index contributed by atoms with van der Waals surface area (Å²) >= 11 is 0. The Hall–Kier alpha value is -0.770. The molecule has 0 fully saturated rings. The van der Waals surface area contributed by atoms with Crippen LogP contribution in [0.1, 0.15) is 15.9 Å². The van der Waals surface area contributed by atoms with Gasteiger partial charge in [-0.3, -0.25) is 0 Å². The van der Waals surface area contributed by atoms with Crippen molar-refractivity contribution in [1.29, 1.82) is 0 Å². The van der Waals surface area contributed by atoms with E-state index in [0.717, 1.165) is 0 Å². The molecule has 0 aliphatic heterocycles. The largest absolute Gasteiger partial charge is 0.872 e. The Labute approximate surface area is 105 Å². The molecule has 0 atom stereocenters. The fraction of sp³-hybridized carbons (Fsp3) is 0.100. The van der Waals surface area contributed by atoms with Crippen LogP contribution in [0.5, 0.6) is 5.75 Å². The zero-order chi connectivity index (χ0) is 9.84. The van der Waals surface area contributed by atoms with E-state index in [4.69, 9.17) is 0 Å². The van der Waals surface area contributed by atoms with Gasteiger partial charge in [-0.15, -0.1) is 0 Å². The van der Waals surface area contributed by atoms with Crippen LogP contribution in [0.3, 0.4) is 0 Å². The first-order valence-electron chi connectivity index (χ1n) is 3.71. The van der Waals surface area contributed by atoms with Crippen molar-refractivity contribution in [2.45, 2.75) is 0 Å². The minimum Gasteiger partial charge on any atom is -0.872 e. The minimum atomic E-state index is -0.625. The normalized spacial score (nSPS) is 8.64. The van der Waals surface area contributed by atoms with Gasteiger partial charge in [-0.05, 0) is 5.56 Å². The smallest absolute Gasteiger partial charge is 0.337 e. The first-order valence-corrected chi connectivity index (χ1v) is 3.71. The molecular weight excluding hydrogens is 191 g/mol. The maximum Gasteiger partial charge on any atom is 0.337 e. The van der Waals surface area contributed by atoms with E-state index in [9.17, 15) is 9.90 Å². The molecule has 0 spiro atoms. The van der Waals surface area contributed by atoms with E-state index in [1.807, 2.05) is 0 Å². The first-order chi connectivity index (χ1) is 6.20. The summed E-state index contributed by atoms with van der Waals surface area (Å²) in [6.45, 7) is 3.50. The molecule has 0 aromatic heterocycles. The van der Waals surface area contributed by atoms with Gasteiger partial charge in [-0.1, -0.05) is 36.6 Å². The first kappa shape index (κ1) is 13.2. The third kappa shape index (κ3) is 2.61. The second-order valence-corrected chi connectivity index (χ2v) is 2.42. The van der Waals surface area contributed by atoms with Crippen LogP contribution in [0.4, 0.5) is 0 Å². The molecule has 0 amide bonds. The van der Waals surface area contributed by atoms with Crippen molar-refractivity contribution < 1.29 is 14.6 Å². The molecule has 0 aliphatic carbocycles. The average Bonchev–Trinajstić information content (AvgIpc) is 2.16. The summed E-state index contributed by atoms with van der Waals surface area (Å²) in [5.41, 5.74) is 0.541. The number of esters is 1. The second kappa shape index (κ2) is 5.86. The van der Waals surface area contributed by atoms with Gasteiger partial charge in [0, 0.05) is 29.6 Å². The third-order valence-corrected chi connectivity index (χ3v) is 1.67. The van der Waals surface area contributed by atoms with Crippen LogP contribution in [-0.4, -0.2) is 42.6 Å². The van der Waals surface area contributed by atoms with Crippen molar-refractivity contribution in [3.05, 3.63) is 35.9 Å². The maximum absolute atomic E-state index is 11.3. The SMILES string of the molecule is C=Cc1cccc([O-])c1C(=O)OC.[Na]. The number of methoxy groups -OCH3 is 1. The van der Waals surface area contributed by atoms with Gasteiger partial charge in [0.25, 0.3) is 0 Å². The monoisotopic (exact) mass is 200 g/mol. The molecule has 14 heavy (non-hydrogen) atoms. The standard InChI is InChI=1S/C10H10O3.Na/c1-3-7-5-4-6-8(11)9(7)10(12)13-2;/h3-6,11H,1H2,2H3;/p-1. The number of carbonyl (C=O) groups is 1. The van der Waals surface area contributed by atoms with Crippen LogP contribution < -0.4 is 5.11 Å². The van der Waals surface area contributed by atoms with Gasteiger partial charge in [-0.25, -0.2) is 4.79 Å². The summed E-state index contributed by atoms with van der Waals surface area (Å²) in [6.07, 6.45) is 1.45. The van der Waals surface area contributed by atoms with E-state index in [2.05, 4.69) is 11.3 Å². The quantitative estimate of drug-likeness (QED) is 0.524. The predicted molar refractivity (Wildman–Crippen MR) is 53.1 cm³/mol. The van der Waals surface area contributed by atoms with E-state index < -0.39 is 5.97 Å². The van der Waals surface area contributed by atoms with Crippen LogP contribution in [-0.2, 0) is 4.74 Å². The number of benzene rings is 1. The molecule has 0 saturated carbocycles. The molecule has 0 N–H and O–H groups in total. The molecule has 0 unspecified atom stereocenters. The van der Waals surface area contributed by atoms with Gasteiger partial charge < -0.3 is 9.84 Å². The fourth-order valence-electron chi connectivity index (χ4n) is 1.04. The van der Waals surface area contributed by atoms with Crippen LogP contribution >= 0.6 is 0 Å². The predicted octanol–water partition coefficient (Wildman–Crippen LogP) is 0.809. The molecule has 1 aromatic rings. The molecule has 69 valence electrons. The molecule has 0 heterocycles.